The number of nitrogens with one attached hydrogen (secondary N) is 1. The van der Waals surface area contributed by atoms with Crippen LogP contribution in [0.15, 0.2) is 36.7 Å². The average molecular weight is 492 g/mol. The summed E-state index contributed by atoms with van der Waals surface area (Å²) in [6.07, 6.45) is 11.4. The van der Waals surface area contributed by atoms with Gasteiger partial charge in [0.2, 0.25) is 5.13 Å². The quantitative estimate of drug-likeness (QED) is 0.453. The molecule has 8 nitrogen and oxygen atoms in total. The number of carbonyl (C=O) groups excluding carboxylic acids is 1. The van der Waals surface area contributed by atoms with Gasteiger partial charge in [0.05, 0.1) is 43.8 Å². The van der Waals surface area contributed by atoms with Gasteiger partial charge in [0.1, 0.15) is 5.01 Å². The van der Waals surface area contributed by atoms with Crippen molar-refractivity contribution in [1.82, 2.24) is 20.2 Å². The first kappa shape index (κ1) is 22.5. The van der Waals surface area contributed by atoms with Gasteiger partial charge in [-0.2, -0.15) is 0 Å². The summed E-state index contributed by atoms with van der Waals surface area (Å²) in [5, 5.41) is 13.6. The van der Waals surface area contributed by atoms with Crippen molar-refractivity contribution >= 4 is 28.3 Å². The van der Waals surface area contributed by atoms with Gasteiger partial charge in [0.15, 0.2) is 5.82 Å². The number of benzene rings is 1. The van der Waals surface area contributed by atoms with Gasteiger partial charge in [0, 0.05) is 16.9 Å². The summed E-state index contributed by atoms with van der Waals surface area (Å²) in [6, 6.07) is 8.60. The van der Waals surface area contributed by atoms with E-state index in [4.69, 9.17) is 9.47 Å². The molecule has 2 bridgehead atoms. The summed E-state index contributed by atoms with van der Waals surface area (Å²) in [5.74, 6) is 1.06. The molecule has 7 rings (SSSR count). The minimum atomic E-state index is -0.340. The molecule has 182 valence electrons. The molecular formula is C26H29N5O3S. The summed E-state index contributed by atoms with van der Waals surface area (Å²) in [7, 11) is 1.44. The van der Waals surface area contributed by atoms with E-state index in [1.807, 2.05) is 0 Å². The van der Waals surface area contributed by atoms with E-state index in [0.29, 0.717) is 24.8 Å². The van der Waals surface area contributed by atoms with E-state index in [0.717, 1.165) is 47.1 Å². The van der Waals surface area contributed by atoms with Crippen LogP contribution in [0.1, 0.15) is 67.9 Å². The highest BCUT2D eigenvalue weighted by Gasteiger charge is 2.51. The molecule has 2 saturated heterocycles. The van der Waals surface area contributed by atoms with Crippen LogP contribution in [-0.4, -0.2) is 45.5 Å². The van der Waals surface area contributed by atoms with Gasteiger partial charge in [0.25, 0.3) is 0 Å². The van der Waals surface area contributed by atoms with Crippen molar-refractivity contribution in [1.29, 1.82) is 0 Å². The maximum Gasteiger partial charge on any atom is 0.308 e. The van der Waals surface area contributed by atoms with Crippen LogP contribution in [0.3, 0.4) is 0 Å². The fourth-order valence-electron chi connectivity index (χ4n) is 5.45. The Morgan fingerprint density at radius 2 is 1.91 bits per heavy atom. The van der Waals surface area contributed by atoms with Gasteiger partial charge >= 0.3 is 5.97 Å². The number of hydrogen-bond donors (Lipinski definition) is 1. The molecule has 3 aromatic rings. The second-order valence-corrected chi connectivity index (χ2v) is 11.1. The lowest BCUT2D eigenvalue weighted by Gasteiger charge is -2.53. The molecule has 35 heavy (non-hydrogen) atoms. The third kappa shape index (κ3) is 4.31. The highest BCUT2D eigenvalue weighted by atomic mass is 32.1. The Morgan fingerprint density at radius 1 is 1.11 bits per heavy atom. The van der Waals surface area contributed by atoms with E-state index >= 15 is 0 Å². The van der Waals surface area contributed by atoms with Crippen LogP contribution >= 0.6 is 11.3 Å². The molecule has 1 N–H and O–H groups in total. The van der Waals surface area contributed by atoms with Crippen molar-refractivity contribution in [2.24, 2.45) is 0 Å². The van der Waals surface area contributed by atoms with Crippen LogP contribution in [0.25, 0.3) is 11.3 Å². The molecular weight excluding hydrogens is 462 g/mol. The molecule has 2 aliphatic heterocycles. The van der Waals surface area contributed by atoms with Gasteiger partial charge < -0.3 is 14.8 Å². The average Bonchev–Trinajstić information content (AvgIpc) is 3.32. The lowest BCUT2D eigenvalue weighted by atomic mass is 9.62. The van der Waals surface area contributed by atoms with Gasteiger partial charge in [-0.25, -0.2) is 4.98 Å². The van der Waals surface area contributed by atoms with Crippen LogP contribution in [-0.2, 0) is 19.7 Å². The topological polar surface area (TPSA) is 99.1 Å². The minimum Gasteiger partial charge on any atom is -0.469 e. The number of carbonyl (C=O) groups is 1. The van der Waals surface area contributed by atoms with Crippen molar-refractivity contribution in [2.45, 2.75) is 68.3 Å². The fraction of sp³-hybridized carbons (Fsp3) is 0.500. The Hall–Kier alpha value is -2.91. The third-order valence-corrected chi connectivity index (χ3v) is 9.04. The number of ether oxygens (including phenoxy) is 2. The fourth-order valence-corrected chi connectivity index (χ4v) is 6.37. The number of aromatic nitrogens is 4. The Labute approximate surface area is 208 Å². The van der Waals surface area contributed by atoms with E-state index in [9.17, 15) is 4.79 Å². The van der Waals surface area contributed by atoms with Gasteiger partial charge in [-0.05, 0) is 44.1 Å². The zero-order chi connectivity index (χ0) is 23.9. The van der Waals surface area contributed by atoms with Crippen molar-refractivity contribution in [2.75, 3.05) is 19.0 Å². The highest BCUT2D eigenvalue weighted by Crippen LogP contribution is 2.51. The predicted octanol–water partition coefficient (Wildman–Crippen LogP) is 5.15. The maximum atomic E-state index is 11.8. The number of nitrogens with zero attached hydrogens (tertiary/aromatic N) is 4. The van der Waals surface area contributed by atoms with Crippen molar-refractivity contribution in [3.63, 3.8) is 0 Å². The molecule has 4 aliphatic rings. The van der Waals surface area contributed by atoms with E-state index in [-0.39, 0.29) is 17.0 Å². The molecule has 0 spiro atoms. The standard InChI is InChI=1S/C26H29N5O3S/c1-33-22(32)13-26-11-9-25(10-12-26,16-34-26)19-7-5-17(6-8-19)20-14-28-21(15-27-20)29-24-31-30-23(35-24)18-3-2-4-18/h5-8,14-15,18H,2-4,9-13,16H2,1H3,(H,28,29,31). The van der Waals surface area contributed by atoms with Gasteiger partial charge in [-0.3, -0.25) is 9.78 Å². The smallest absolute Gasteiger partial charge is 0.308 e. The lowest BCUT2D eigenvalue weighted by molar-refractivity contribution is -0.176. The zero-order valence-corrected chi connectivity index (χ0v) is 20.6. The normalized spacial score (nSPS) is 25.7. The van der Waals surface area contributed by atoms with Crippen LogP contribution in [0, 0.1) is 0 Å². The van der Waals surface area contributed by atoms with Crippen molar-refractivity contribution in [3.05, 3.63) is 47.2 Å². The maximum absolute atomic E-state index is 11.8. The van der Waals surface area contributed by atoms with Gasteiger partial charge in [-0.1, -0.05) is 42.0 Å². The van der Waals surface area contributed by atoms with Crippen LogP contribution in [0.5, 0.6) is 0 Å². The number of methoxy groups -OCH3 is 1. The van der Waals surface area contributed by atoms with Crippen molar-refractivity contribution in [3.8, 4) is 11.3 Å². The van der Waals surface area contributed by atoms with Crippen LogP contribution < -0.4 is 5.32 Å². The molecule has 0 atom stereocenters. The minimum absolute atomic E-state index is 0.0237. The lowest BCUT2D eigenvalue weighted by Crippen LogP contribution is -2.54. The van der Waals surface area contributed by atoms with E-state index < -0.39 is 0 Å². The second-order valence-electron chi connectivity index (χ2n) is 10.1. The summed E-state index contributed by atoms with van der Waals surface area (Å²) in [4.78, 5) is 21.0. The molecule has 1 aromatic carbocycles. The number of hydrogen-bond acceptors (Lipinski definition) is 9. The first-order chi connectivity index (χ1) is 17.1. The van der Waals surface area contributed by atoms with Crippen LogP contribution in [0.2, 0.25) is 0 Å². The summed E-state index contributed by atoms with van der Waals surface area (Å²) < 4.78 is 11.1. The monoisotopic (exact) mass is 491 g/mol. The molecule has 2 aliphatic carbocycles. The molecule has 9 heteroatoms. The Balaban J connectivity index is 1.10. The summed E-state index contributed by atoms with van der Waals surface area (Å²) in [5.41, 5.74) is 2.83. The molecule has 4 heterocycles. The largest absolute Gasteiger partial charge is 0.469 e. The SMILES string of the molecule is COC(=O)CC12CCC(c3ccc(-c4cnc(Nc5nnc(C6CCC6)s5)cn4)cc3)(CC1)CO2. The van der Waals surface area contributed by atoms with Gasteiger partial charge in [-0.15, -0.1) is 10.2 Å². The summed E-state index contributed by atoms with van der Waals surface area (Å²) >= 11 is 1.60. The predicted molar refractivity (Wildman–Crippen MR) is 133 cm³/mol. The number of esters is 1. The number of anilines is 2. The highest BCUT2D eigenvalue weighted by molar-refractivity contribution is 7.15. The van der Waals surface area contributed by atoms with Crippen molar-refractivity contribution < 1.29 is 14.3 Å². The van der Waals surface area contributed by atoms with E-state index in [1.165, 1.54) is 31.9 Å². The van der Waals surface area contributed by atoms with E-state index in [1.54, 1.807) is 23.7 Å². The third-order valence-electron chi connectivity index (χ3n) is 8.04. The Kier molecular flexibility index (Phi) is 5.76. The molecule has 0 radical (unpaired) electrons. The second kappa shape index (κ2) is 8.95. The first-order valence-electron chi connectivity index (χ1n) is 12.3. The van der Waals surface area contributed by atoms with E-state index in [2.05, 4.69) is 49.7 Å². The Bertz CT molecular complexity index is 1180. The number of rotatable bonds is 7. The van der Waals surface area contributed by atoms with Crippen LogP contribution in [0.4, 0.5) is 10.9 Å². The number of fused-ring (bicyclic) bond motifs is 3. The molecule has 2 aromatic heterocycles. The molecule has 0 unspecified atom stereocenters. The molecule has 0 amide bonds. The molecule has 4 fully saturated rings. The summed E-state index contributed by atoms with van der Waals surface area (Å²) in [6.45, 7) is 0.650. The molecule has 2 saturated carbocycles. The zero-order valence-electron chi connectivity index (χ0n) is 19.8. The first-order valence-corrected chi connectivity index (χ1v) is 13.1. The Morgan fingerprint density at radius 3 is 2.51 bits per heavy atom.